The monoisotopic (exact) mass is 277 g/mol. The number of aromatic amines is 1. The molecule has 2 aromatic rings. The maximum absolute atomic E-state index is 11.3. The summed E-state index contributed by atoms with van der Waals surface area (Å²) in [7, 11) is 3.06. The molecule has 0 amide bonds. The summed E-state index contributed by atoms with van der Waals surface area (Å²) in [4.78, 5) is 11.3. The summed E-state index contributed by atoms with van der Waals surface area (Å²) in [5.41, 5.74) is 7.13. The van der Waals surface area contributed by atoms with E-state index in [0.717, 1.165) is 5.56 Å². The minimum absolute atomic E-state index is 0.0666. The molecule has 0 saturated heterocycles. The molecule has 2 rings (SSSR count). The van der Waals surface area contributed by atoms with Gasteiger partial charge < -0.3 is 20.3 Å². The first kappa shape index (κ1) is 13.7. The van der Waals surface area contributed by atoms with Gasteiger partial charge in [0.2, 0.25) is 0 Å². The predicted molar refractivity (Wildman–Crippen MR) is 73.2 cm³/mol. The first-order chi connectivity index (χ1) is 9.51. The van der Waals surface area contributed by atoms with Crippen LogP contribution in [0.25, 0.3) is 11.3 Å². The van der Waals surface area contributed by atoms with E-state index >= 15 is 0 Å². The summed E-state index contributed by atoms with van der Waals surface area (Å²) in [6.07, 6.45) is 0. The Kier molecular flexibility index (Phi) is 3.51. The van der Waals surface area contributed by atoms with Crippen molar-refractivity contribution in [2.24, 2.45) is 0 Å². The Balaban J connectivity index is 2.71. The molecule has 0 unspecified atom stereocenters. The second-order valence-corrected chi connectivity index (χ2v) is 4.14. The van der Waals surface area contributed by atoms with Gasteiger partial charge in [-0.1, -0.05) is 0 Å². The highest BCUT2D eigenvalue weighted by atomic mass is 16.5. The van der Waals surface area contributed by atoms with E-state index in [9.17, 15) is 9.90 Å². The third-order valence-corrected chi connectivity index (χ3v) is 3.06. The molecular formula is C13H15N3O4. The van der Waals surface area contributed by atoms with Crippen molar-refractivity contribution >= 4 is 11.8 Å². The zero-order chi connectivity index (χ0) is 14.9. The lowest BCUT2D eigenvalue weighted by molar-refractivity contribution is 0.0699. The molecule has 0 aliphatic carbocycles. The van der Waals surface area contributed by atoms with Crippen LogP contribution in [0.2, 0.25) is 0 Å². The zero-order valence-electron chi connectivity index (χ0n) is 11.4. The Labute approximate surface area is 115 Å². The minimum Gasteiger partial charge on any atom is -0.496 e. The van der Waals surface area contributed by atoms with Crippen LogP contribution in [0, 0.1) is 6.92 Å². The fourth-order valence-corrected chi connectivity index (χ4v) is 2.12. The lowest BCUT2D eigenvalue weighted by Crippen LogP contribution is -2.03. The second kappa shape index (κ2) is 5.12. The van der Waals surface area contributed by atoms with Crippen molar-refractivity contribution in [3.8, 4) is 22.8 Å². The van der Waals surface area contributed by atoms with Gasteiger partial charge >= 0.3 is 5.97 Å². The molecule has 0 atom stereocenters. The highest BCUT2D eigenvalue weighted by Crippen LogP contribution is 2.39. The van der Waals surface area contributed by atoms with Gasteiger partial charge in [0.25, 0.3) is 0 Å². The van der Waals surface area contributed by atoms with Gasteiger partial charge in [-0.2, -0.15) is 5.10 Å². The van der Waals surface area contributed by atoms with E-state index in [-0.39, 0.29) is 11.4 Å². The SMILES string of the molecule is COc1ccc(-c2[nH]nc(N)c2C(=O)O)c(OC)c1C. The molecule has 0 spiro atoms. The molecule has 0 fully saturated rings. The highest BCUT2D eigenvalue weighted by molar-refractivity contribution is 6.00. The smallest absolute Gasteiger partial charge is 0.341 e. The molecule has 0 radical (unpaired) electrons. The summed E-state index contributed by atoms with van der Waals surface area (Å²) in [6.45, 7) is 1.82. The van der Waals surface area contributed by atoms with Crippen molar-refractivity contribution in [3.63, 3.8) is 0 Å². The number of aromatic carboxylic acids is 1. The number of hydrogen-bond donors (Lipinski definition) is 3. The van der Waals surface area contributed by atoms with E-state index in [0.29, 0.717) is 22.8 Å². The van der Waals surface area contributed by atoms with Crippen LogP contribution in [0.1, 0.15) is 15.9 Å². The van der Waals surface area contributed by atoms with Gasteiger partial charge in [0, 0.05) is 11.1 Å². The molecule has 20 heavy (non-hydrogen) atoms. The largest absolute Gasteiger partial charge is 0.496 e. The molecule has 0 aliphatic rings. The highest BCUT2D eigenvalue weighted by Gasteiger charge is 2.23. The topological polar surface area (TPSA) is 110 Å². The Morgan fingerprint density at radius 3 is 2.60 bits per heavy atom. The van der Waals surface area contributed by atoms with Crippen LogP contribution >= 0.6 is 0 Å². The van der Waals surface area contributed by atoms with Crippen molar-refractivity contribution in [1.29, 1.82) is 0 Å². The van der Waals surface area contributed by atoms with Crippen LogP contribution in [0.3, 0.4) is 0 Å². The first-order valence-corrected chi connectivity index (χ1v) is 5.80. The Morgan fingerprint density at radius 1 is 1.35 bits per heavy atom. The molecule has 1 aromatic heterocycles. The number of hydrogen-bond acceptors (Lipinski definition) is 5. The van der Waals surface area contributed by atoms with Crippen LogP contribution in [-0.4, -0.2) is 35.5 Å². The Morgan fingerprint density at radius 2 is 2.05 bits per heavy atom. The van der Waals surface area contributed by atoms with Gasteiger partial charge in [0.15, 0.2) is 5.82 Å². The molecule has 7 nitrogen and oxygen atoms in total. The Bertz CT molecular complexity index is 664. The van der Waals surface area contributed by atoms with Crippen LogP contribution in [0.15, 0.2) is 12.1 Å². The number of nitrogens with one attached hydrogen (secondary N) is 1. The summed E-state index contributed by atoms with van der Waals surface area (Å²) in [5, 5.41) is 15.6. The maximum Gasteiger partial charge on any atom is 0.341 e. The van der Waals surface area contributed by atoms with Crippen molar-refractivity contribution < 1.29 is 19.4 Å². The molecule has 1 aromatic carbocycles. The van der Waals surface area contributed by atoms with Crippen LogP contribution in [-0.2, 0) is 0 Å². The molecule has 0 bridgehead atoms. The lowest BCUT2D eigenvalue weighted by atomic mass is 10.0. The standard InChI is InChI=1S/C13H15N3O4/c1-6-8(19-2)5-4-7(11(6)20-3)10-9(13(17)18)12(14)16-15-10/h4-5H,1-3H3,(H,17,18)(H3,14,15,16). The number of rotatable bonds is 4. The van der Waals surface area contributed by atoms with Gasteiger partial charge in [0.05, 0.1) is 19.9 Å². The van der Waals surface area contributed by atoms with E-state index < -0.39 is 5.97 Å². The number of carboxylic acids is 1. The van der Waals surface area contributed by atoms with E-state index in [1.807, 2.05) is 6.92 Å². The number of carbonyl (C=O) groups is 1. The third-order valence-electron chi connectivity index (χ3n) is 3.06. The van der Waals surface area contributed by atoms with Crippen molar-refractivity contribution in [3.05, 3.63) is 23.3 Å². The van der Waals surface area contributed by atoms with Gasteiger partial charge in [0.1, 0.15) is 17.1 Å². The van der Waals surface area contributed by atoms with Crippen LogP contribution < -0.4 is 15.2 Å². The molecule has 106 valence electrons. The summed E-state index contributed by atoms with van der Waals surface area (Å²) in [5.74, 6) is -0.0599. The second-order valence-electron chi connectivity index (χ2n) is 4.14. The third kappa shape index (κ3) is 2.03. The number of methoxy groups -OCH3 is 2. The lowest BCUT2D eigenvalue weighted by Gasteiger charge is -2.14. The average molecular weight is 277 g/mol. The van der Waals surface area contributed by atoms with Gasteiger partial charge in [-0.15, -0.1) is 0 Å². The van der Waals surface area contributed by atoms with Crippen molar-refractivity contribution in [2.45, 2.75) is 6.92 Å². The molecule has 4 N–H and O–H groups in total. The van der Waals surface area contributed by atoms with Crippen molar-refractivity contribution in [1.82, 2.24) is 10.2 Å². The number of anilines is 1. The number of nitrogen functional groups attached to an aromatic ring is 1. The number of aromatic nitrogens is 2. The average Bonchev–Trinajstić information content (AvgIpc) is 2.80. The quantitative estimate of drug-likeness (QED) is 0.784. The number of benzene rings is 1. The molecule has 0 aliphatic heterocycles. The summed E-state index contributed by atoms with van der Waals surface area (Å²) < 4.78 is 10.6. The number of ether oxygens (including phenoxy) is 2. The van der Waals surface area contributed by atoms with E-state index in [2.05, 4.69) is 10.2 Å². The maximum atomic E-state index is 11.3. The Hall–Kier alpha value is -2.70. The normalized spacial score (nSPS) is 10.3. The van der Waals surface area contributed by atoms with E-state index in [4.69, 9.17) is 15.2 Å². The summed E-state index contributed by atoms with van der Waals surface area (Å²) >= 11 is 0. The molecule has 1 heterocycles. The summed E-state index contributed by atoms with van der Waals surface area (Å²) in [6, 6.07) is 3.43. The molecule has 7 heteroatoms. The van der Waals surface area contributed by atoms with Gasteiger partial charge in [-0.25, -0.2) is 4.79 Å². The van der Waals surface area contributed by atoms with Crippen LogP contribution in [0.5, 0.6) is 11.5 Å². The van der Waals surface area contributed by atoms with Crippen molar-refractivity contribution in [2.75, 3.05) is 20.0 Å². The zero-order valence-corrected chi connectivity index (χ0v) is 11.4. The van der Waals surface area contributed by atoms with E-state index in [1.165, 1.54) is 7.11 Å². The first-order valence-electron chi connectivity index (χ1n) is 5.80. The van der Waals surface area contributed by atoms with Crippen LogP contribution in [0.4, 0.5) is 5.82 Å². The fraction of sp³-hybridized carbons (Fsp3) is 0.231. The number of H-pyrrole nitrogens is 1. The minimum atomic E-state index is -1.15. The number of carboxylic acid groups (broad SMARTS) is 1. The fourth-order valence-electron chi connectivity index (χ4n) is 2.12. The number of nitrogens with zero attached hydrogens (tertiary/aromatic N) is 1. The predicted octanol–water partition coefficient (Wildman–Crippen LogP) is 1.68. The number of nitrogens with two attached hydrogens (primary N) is 1. The van der Waals surface area contributed by atoms with Gasteiger partial charge in [-0.3, -0.25) is 5.10 Å². The molecule has 0 saturated carbocycles. The molecular weight excluding hydrogens is 262 g/mol. The van der Waals surface area contributed by atoms with Gasteiger partial charge in [-0.05, 0) is 19.1 Å². The van der Waals surface area contributed by atoms with E-state index in [1.54, 1.807) is 19.2 Å².